The summed E-state index contributed by atoms with van der Waals surface area (Å²) in [5, 5.41) is 2.92. The molecule has 0 aromatic carbocycles. The largest absolute Gasteiger partial charge is 0.380 e. The fourth-order valence-corrected chi connectivity index (χ4v) is 2.72. The Morgan fingerprint density at radius 1 is 1.50 bits per heavy atom. The van der Waals surface area contributed by atoms with Crippen molar-refractivity contribution in [3.05, 3.63) is 0 Å². The second-order valence-electron chi connectivity index (χ2n) is 3.45. The van der Waals surface area contributed by atoms with E-state index in [0.29, 0.717) is 19.6 Å². The molecule has 0 aliphatic carbocycles. The van der Waals surface area contributed by atoms with Crippen molar-refractivity contribution in [1.29, 1.82) is 0 Å². The monoisotopic (exact) mass is 222 g/mol. The maximum Gasteiger partial charge on any atom is 0.211 e. The summed E-state index contributed by atoms with van der Waals surface area (Å²) in [5.41, 5.74) is 0. The van der Waals surface area contributed by atoms with Crippen LogP contribution in [-0.4, -0.2) is 47.0 Å². The zero-order chi connectivity index (χ0) is 10.4. The molecule has 0 saturated carbocycles. The fourth-order valence-electron chi connectivity index (χ4n) is 1.38. The van der Waals surface area contributed by atoms with Crippen molar-refractivity contribution in [1.82, 2.24) is 10.0 Å². The lowest BCUT2D eigenvalue weighted by molar-refractivity contribution is 0.192. The first-order valence-electron chi connectivity index (χ1n) is 4.86. The van der Waals surface area contributed by atoms with Crippen LogP contribution in [0.3, 0.4) is 0 Å². The van der Waals surface area contributed by atoms with Crippen LogP contribution in [0.5, 0.6) is 0 Å². The van der Waals surface area contributed by atoms with E-state index in [1.165, 1.54) is 0 Å². The highest BCUT2D eigenvalue weighted by Gasteiger charge is 2.21. The molecule has 0 radical (unpaired) electrons. The molecule has 84 valence electrons. The van der Waals surface area contributed by atoms with Crippen LogP contribution >= 0.6 is 0 Å². The van der Waals surface area contributed by atoms with Gasteiger partial charge in [-0.1, -0.05) is 0 Å². The Balaban J connectivity index is 2.26. The van der Waals surface area contributed by atoms with Crippen molar-refractivity contribution >= 4 is 10.0 Å². The van der Waals surface area contributed by atoms with Crippen LogP contribution in [0.1, 0.15) is 12.8 Å². The van der Waals surface area contributed by atoms with Gasteiger partial charge in [0.15, 0.2) is 0 Å². The minimum absolute atomic E-state index is 0.0189. The molecule has 0 aromatic heterocycles. The topological polar surface area (TPSA) is 67.4 Å². The van der Waals surface area contributed by atoms with Crippen molar-refractivity contribution in [2.45, 2.75) is 18.9 Å². The Kier molecular flexibility index (Phi) is 4.80. The highest BCUT2D eigenvalue weighted by atomic mass is 32.2. The average Bonchev–Trinajstić information content (AvgIpc) is 2.56. The summed E-state index contributed by atoms with van der Waals surface area (Å²) >= 11 is 0. The standard InChI is InChI=1S/C8H18N2O3S/c1-9-4-2-6-14(11,12)10-8-3-5-13-7-8/h8-10H,2-7H2,1H3. The molecule has 6 heteroatoms. The van der Waals surface area contributed by atoms with E-state index < -0.39 is 10.0 Å². The highest BCUT2D eigenvalue weighted by molar-refractivity contribution is 7.89. The average molecular weight is 222 g/mol. The van der Waals surface area contributed by atoms with Gasteiger partial charge in [-0.15, -0.1) is 0 Å². The van der Waals surface area contributed by atoms with Gasteiger partial charge in [0.05, 0.1) is 12.4 Å². The maximum absolute atomic E-state index is 11.5. The van der Waals surface area contributed by atoms with Crippen LogP contribution in [0.25, 0.3) is 0 Å². The van der Waals surface area contributed by atoms with E-state index in [1.54, 1.807) is 0 Å². The van der Waals surface area contributed by atoms with Crippen molar-refractivity contribution in [3.8, 4) is 0 Å². The van der Waals surface area contributed by atoms with E-state index in [4.69, 9.17) is 4.74 Å². The molecule has 1 heterocycles. The molecule has 1 atom stereocenters. The third-order valence-corrected chi connectivity index (χ3v) is 3.63. The number of hydrogen-bond acceptors (Lipinski definition) is 4. The molecule has 0 spiro atoms. The first kappa shape index (κ1) is 11.9. The molecule has 1 rings (SSSR count). The third kappa shape index (κ3) is 4.36. The third-order valence-electron chi connectivity index (χ3n) is 2.12. The predicted molar refractivity (Wildman–Crippen MR) is 54.7 cm³/mol. The van der Waals surface area contributed by atoms with E-state index >= 15 is 0 Å². The quantitative estimate of drug-likeness (QED) is 0.583. The van der Waals surface area contributed by atoms with Gasteiger partial charge < -0.3 is 10.1 Å². The number of hydrogen-bond donors (Lipinski definition) is 2. The Morgan fingerprint density at radius 2 is 2.29 bits per heavy atom. The van der Waals surface area contributed by atoms with Crippen molar-refractivity contribution in [2.24, 2.45) is 0 Å². The van der Waals surface area contributed by atoms with Gasteiger partial charge in [0.2, 0.25) is 10.0 Å². The van der Waals surface area contributed by atoms with E-state index in [0.717, 1.165) is 13.0 Å². The second-order valence-corrected chi connectivity index (χ2v) is 5.33. The van der Waals surface area contributed by atoms with Crippen LogP contribution in [0.2, 0.25) is 0 Å². The van der Waals surface area contributed by atoms with E-state index in [-0.39, 0.29) is 11.8 Å². The van der Waals surface area contributed by atoms with Crippen LogP contribution in [0.15, 0.2) is 0 Å². The molecule has 1 fully saturated rings. The molecule has 1 aliphatic rings. The highest BCUT2D eigenvalue weighted by Crippen LogP contribution is 2.05. The van der Waals surface area contributed by atoms with Crippen molar-refractivity contribution in [3.63, 3.8) is 0 Å². The van der Waals surface area contributed by atoms with Crippen LogP contribution < -0.4 is 10.0 Å². The van der Waals surface area contributed by atoms with Crippen LogP contribution in [-0.2, 0) is 14.8 Å². The number of nitrogens with one attached hydrogen (secondary N) is 2. The lowest BCUT2D eigenvalue weighted by Gasteiger charge is -2.10. The lowest BCUT2D eigenvalue weighted by Crippen LogP contribution is -2.37. The molecule has 0 aromatic rings. The zero-order valence-corrected chi connectivity index (χ0v) is 9.27. The summed E-state index contributed by atoms with van der Waals surface area (Å²) in [6.45, 7) is 1.89. The number of ether oxygens (including phenoxy) is 1. The number of rotatable bonds is 6. The van der Waals surface area contributed by atoms with Gasteiger partial charge in [-0.05, 0) is 26.4 Å². The summed E-state index contributed by atoms with van der Waals surface area (Å²) < 4.78 is 30.7. The summed E-state index contributed by atoms with van der Waals surface area (Å²) in [6.07, 6.45) is 1.42. The van der Waals surface area contributed by atoms with Gasteiger partial charge in [-0.25, -0.2) is 13.1 Å². The van der Waals surface area contributed by atoms with Crippen LogP contribution in [0.4, 0.5) is 0 Å². The van der Waals surface area contributed by atoms with Crippen molar-refractivity contribution < 1.29 is 13.2 Å². The predicted octanol–water partition coefficient (Wildman–Crippen LogP) is -0.696. The van der Waals surface area contributed by atoms with Gasteiger partial charge in [0, 0.05) is 12.6 Å². The minimum atomic E-state index is -3.11. The first-order valence-corrected chi connectivity index (χ1v) is 6.51. The van der Waals surface area contributed by atoms with E-state index in [1.807, 2.05) is 7.05 Å². The van der Waals surface area contributed by atoms with Crippen molar-refractivity contribution in [2.75, 3.05) is 32.6 Å². The van der Waals surface area contributed by atoms with Gasteiger partial charge in [0.1, 0.15) is 0 Å². The molecule has 2 N–H and O–H groups in total. The van der Waals surface area contributed by atoms with Gasteiger partial charge >= 0.3 is 0 Å². The smallest absolute Gasteiger partial charge is 0.211 e. The Morgan fingerprint density at radius 3 is 2.86 bits per heavy atom. The Labute approximate surface area is 85.3 Å². The number of sulfonamides is 1. The molecular formula is C8H18N2O3S. The Bertz CT molecular complexity index is 247. The summed E-state index contributed by atoms with van der Waals surface area (Å²) in [5.74, 6) is 0.185. The first-order chi connectivity index (χ1) is 6.64. The minimum Gasteiger partial charge on any atom is -0.380 e. The van der Waals surface area contributed by atoms with Gasteiger partial charge in [-0.2, -0.15) is 0 Å². The molecule has 1 aliphatic heterocycles. The van der Waals surface area contributed by atoms with E-state index in [9.17, 15) is 8.42 Å². The molecule has 0 bridgehead atoms. The normalized spacial score (nSPS) is 22.8. The molecule has 1 unspecified atom stereocenters. The van der Waals surface area contributed by atoms with Crippen LogP contribution in [0, 0.1) is 0 Å². The fraction of sp³-hybridized carbons (Fsp3) is 1.00. The lowest BCUT2D eigenvalue weighted by atomic mass is 10.3. The molecule has 0 amide bonds. The molecule has 14 heavy (non-hydrogen) atoms. The maximum atomic E-state index is 11.5. The van der Waals surface area contributed by atoms with Gasteiger partial charge in [0.25, 0.3) is 0 Å². The molecule has 1 saturated heterocycles. The summed E-state index contributed by atoms with van der Waals surface area (Å²) in [6, 6.07) is -0.0189. The molecular weight excluding hydrogens is 204 g/mol. The van der Waals surface area contributed by atoms with Gasteiger partial charge in [-0.3, -0.25) is 0 Å². The Hall–Kier alpha value is -0.170. The SMILES string of the molecule is CNCCCS(=O)(=O)NC1CCOC1. The zero-order valence-electron chi connectivity index (χ0n) is 8.45. The summed E-state index contributed by atoms with van der Waals surface area (Å²) in [4.78, 5) is 0. The summed E-state index contributed by atoms with van der Waals surface area (Å²) in [7, 11) is -1.30. The second kappa shape index (κ2) is 5.65. The molecule has 5 nitrogen and oxygen atoms in total. The van der Waals surface area contributed by atoms with E-state index in [2.05, 4.69) is 10.0 Å².